The topological polar surface area (TPSA) is 35.5 Å². The van der Waals surface area contributed by atoms with Gasteiger partial charge in [0.25, 0.3) is 0 Å². The Hall–Kier alpha value is -0.770. The standard InChI is InChI=1S/C15H23ClN2O/c1-17-11-12-5-2-8-14(16)15(12)18-9-3-6-13(18)7-4-10-19/h2,5,8,13,17,19H,3-4,6-7,9-11H2,1H3. The number of aliphatic hydroxyl groups is 1. The van der Waals surface area contributed by atoms with Gasteiger partial charge in [0.1, 0.15) is 0 Å². The van der Waals surface area contributed by atoms with E-state index in [-0.39, 0.29) is 6.61 Å². The summed E-state index contributed by atoms with van der Waals surface area (Å²) in [7, 11) is 1.96. The van der Waals surface area contributed by atoms with Crippen molar-refractivity contribution in [2.24, 2.45) is 0 Å². The summed E-state index contributed by atoms with van der Waals surface area (Å²) in [6, 6.07) is 6.64. The molecule has 4 heteroatoms. The van der Waals surface area contributed by atoms with Crippen molar-refractivity contribution in [3.63, 3.8) is 0 Å². The van der Waals surface area contributed by atoms with Crippen LogP contribution in [0.1, 0.15) is 31.2 Å². The summed E-state index contributed by atoms with van der Waals surface area (Å²) in [6.45, 7) is 2.17. The Morgan fingerprint density at radius 2 is 2.32 bits per heavy atom. The van der Waals surface area contributed by atoms with Gasteiger partial charge in [-0.25, -0.2) is 0 Å². The first-order chi connectivity index (χ1) is 9.27. The Labute approximate surface area is 120 Å². The third-order valence-electron chi connectivity index (χ3n) is 3.80. The molecule has 1 atom stereocenters. The van der Waals surface area contributed by atoms with Crippen LogP contribution in [0.5, 0.6) is 0 Å². The molecule has 19 heavy (non-hydrogen) atoms. The molecule has 2 rings (SSSR count). The lowest BCUT2D eigenvalue weighted by Gasteiger charge is -2.30. The van der Waals surface area contributed by atoms with Gasteiger partial charge < -0.3 is 15.3 Å². The maximum Gasteiger partial charge on any atom is 0.0643 e. The number of halogens is 1. The lowest BCUT2D eigenvalue weighted by molar-refractivity contribution is 0.279. The maximum absolute atomic E-state index is 9.02. The Kier molecular flexibility index (Phi) is 5.49. The van der Waals surface area contributed by atoms with Gasteiger partial charge in [0.15, 0.2) is 0 Å². The molecule has 0 spiro atoms. The van der Waals surface area contributed by atoms with E-state index in [2.05, 4.69) is 16.3 Å². The predicted octanol–water partition coefficient (Wildman–Crippen LogP) is 2.80. The molecular formula is C15H23ClN2O. The molecule has 0 radical (unpaired) electrons. The van der Waals surface area contributed by atoms with E-state index in [1.807, 2.05) is 19.2 Å². The molecule has 3 nitrogen and oxygen atoms in total. The fourth-order valence-corrected chi connectivity index (χ4v) is 3.27. The summed E-state index contributed by atoms with van der Waals surface area (Å²) >= 11 is 6.43. The van der Waals surface area contributed by atoms with Crippen molar-refractivity contribution >= 4 is 17.3 Å². The molecule has 1 heterocycles. The lowest BCUT2D eigenvalue weighted by Crippen LogP contribution is -2.31. The number of benzene rings is 1. The number of hydrogen-bond acceptors (Lipinski definition) is 3. The fraction of sp³-hybridized carbons (Fsp3) is 0.600. The first kappa shape index (κ1) is 14.6. The average Bonchev–Trinajstić information content (AvgIpc) is 2.85. The van der Waals surface area contributed by atoms with Gasteiger partial charge in [0.2, 0.25) is 0 Å². The molecular weight excluding hydrogens is 260 g/mol. The van der Waals surface area contributed by atoms with Crippen LogP contribution in [0.3, 0.4) is 0 Å². The van der Waals surface area contributed by atoms with Gasteiger partial charge in [-0.2, -0.15) is 0 Å². The minimum absolute atomic E-state index is 0.274. The summed E-state index contributed by atoms with van der Waals surface area (Å²) in [4.78, 5) is 2.44. The highest BCUT2D eigenvalue weighted by molar-refractivity contribution is 6.33. The van der Waals surface area contributed by atoms with Crippen LogP contribution in [-0.4, -0.2) is 31.3 Å². The van der Waals surface area contributed by atoms with E-state index in [4.69, 9.17) is 16.7 Å². The number of nitrogens with one attached hydrogen (secondary N) is 1. The van der Waals surface area contributed by atoms with Crippen LogP contribution in [0.2, 0.25) is 5.02 Å². The van der Waals surface area contributed by atoms with Gasteiger partial charge in [-0.3, -0.25) is 0 Å². The molecule has 1 saturated heterocycles. The minimum Gasteiger partial charge on any atom is -0.396 e. The number of hydrogen-bond donors (Lipinski definition) is 2. The largest absolute Gasteiger partial charge is 0.396 e. The third-order valence-corrected chi connectivity index (χ3v) is 4.10. The van der Waals surface area contributed by atoms with Crippen molar-refractivity contribution in [3.05, 3.63) is 28.8 Å². The minimum atomic E-state index is 0.274. The lowest BCUT2D eigenvalue weighted by atomic mass is 10.1. The second-order valence-corrected chi connectivity index (χ2v) is 5.54. The molecule has 1 aromatic carbocycles. The highest BCUT2D eigenvalue weighted by Gasteiger charge is 2.27. The zero-order valence-corrected chi connectivity index (χ0v) is 12.3. The zero-order valence-electron chi connectivity index (χ0n) is 11.5. The van der Waals surface area contributed by atoms with Crippen molar-refractivity contribution in [1.82, 2.24) is 5.32 Å². The normalized spacial score (nSPS) is 19.1. The smallest absolute Gasteiger partial charge is 0.0643 e. The van der Waals surface area contributed by atoms with Crippen LogP contribution in [0.25, 0.3) is 0 Å². The van der Waals surface area contributed by atoms with E-state index < -0.39 is 0 Å². The van der Waals surface area contributed by atoms with Crippen LogP contribution in [0.4, 0.5) is 5.69 Å². The summed E-state index contributed by atoms with van der Waals surface area (Å²) in [6.07, 6.45) is 4.32. The molecule has 0 saturated carbocycles. The Morgan fingerprint density at radius 3 is 3.05 bits per heavy atom. The fourth-order valence-electron chi connectivity index (χ4n) is 2.97. The van der Waals surface area contributed by atoms with Crippen molar-refractivity contribution in [2.45, 2.75) is 38.3 Å². The summed E-state index contributed by atoms with van der Waals surface area (Å²) in [5, 5.41) is 13.1. The monoisotopic (exact) mass is 282 g/mol. The van der Waals surface area contributed by atoms with Gasteiger partial charge in [-0.1, -0.05) is 23.7 Å². The quantitative estimate of drug-likeness (QED) is 0.842. The van der Waals surface area contributed by atoms with Gasteiger partial charge in [0, 0.05) is 25.7 Å². The molecule has 0 bridgehead atoms. The second kappa shape index (κ2) is 7.13. The SMILES string of the molecule is CNCc1cccc(Cl)c1N1CCCC1CCCO. The van der Waals surface area contributed by atoms with Gasteiger partial charge >= 0.3 is 0 Å². The van der Waals surface area contributed by atoms with E-state index in [0.717, 1.165) is 31.0 Å². The van der Waals surface area contributed by atoms with Gasteiger partial charge in [0.05, 0.1) is 10.7 Å². The highest BCUT2D eigenvalue weighted by Crippen LogP contribution is 2.36. The zero-order chi connectivity index (χ0) is 13.7. The van der Waals surface area contributed by atoms with Crippen molar-refractivity contribution < 1.29 is 5.11 Å². The molecule has 1 aromatic rings. The highest BCUT2D eigenvalue weighted by atomic mass is 35.5. The molecule has 2 N–H and O–H groups in total. The molecule has 106 valence electrons. The van der Waals surface area contributed by atoms with Gasteiger partial charge in [-0.05, 0) is 44.4 Å². The predicted molar refractivity (Wildman–Crippen MR) is 80.9 cm³/mol. The maximum atomic E-state index is 9.02. The molecule has 1 aliphatic rings. The number of nitrogens with zero attached hydrogens (tertiary/aromatic N) is 1. The average molecular weight is 283 g/mol. The van der Waals surface area contributed by atoms with E-state index >= 15 is 0 Å². The van der Waals surface area contributed by atoms with Crippen molar-refractivity contribution in [3.8, 4) is 0 Å². The molecule has 0 aliphatic carbocycles. The first-order valence-electron chi connectivity index (χ1n) is 7.07. The van der Waals surface area contributed by atoms with Crippen LogP contribution in [0, 0.1) is 0 Å². The van der Waals surface area contributed by atoms with E-state index in [9.17, 15) is 0 Å². The van der Waals surface area contributed by atoms with E-state index in [1.54, 1.807) is 0 Å². The molecule has 0 aromatic heterocycles. The summed E-state index contributed by atoms with van der Waals surface area (Å²) in [5.74, 6) is 0. The molecule has 1 fully saturated rings. The summed E-state index contributed by atoms with van der Waals surface area (Å²) < 4.78 is 0. The van der Waals surface area contributed by atoms with E-state index in [1.165, 1.54) is 24.1 Å². The van der Waals surface area contributed by atoms with Crippen molar-refractivity contribution in [2.75, 3.05) is 25.1 Å². The second-order valence-electron chi connectivity index (χ2n) is 5.13. The first-order valence-corrected chi connectivity index (χ1v) is 7.45. The number of anilines is 1. The number of para-hydroxylation sites is 1. The number of rotatable bonds is 6. The van der Waals surface area contributed by atoms with Crippen LogP contribution in [-0.2, 0) is 6.54 Å². The van der Waals surface area contributed by atoms with Crippen LogP contribution >= 0.6 is 11.6 Å². The van der Waals surface area contributed by atoms with Crippen LogP contribution < -0.4 is 10.2 Å². The Bertz CT molecular complexity index is 411. The Balaban J connectivity index is 2.23. The van der Waals surface area contributed by atoms with Crippen LogP contribution in [0.15, 0.2) is 18.2 Å². The molecule has 0 amide bonds. The molecule has 1 aliphatic heterocycles. The van der Waals surface area contributed by atoms with Crippen molar-refractivity contribution in [1.29, 1.82) is 0 Å². The number of aliphatic hydroxyl groups excluding tert-OH is 1. The third kappa shape index (κ3) is 3.41. The molecule has 1 unspecified atom stereocenters. The van der Waals surface area contributed by atoms with E-state index in [0.29, 0.717) is 6.04 Å². The Morgan fingerprint density at radius 1 is 1.47 bits per heavy atom. The summed E-state index contributed by atoms with van der Waals surface area (Å²) in [5.41, 5.74) is 2.44. The van der Waals surface area contributed by atoms with Gasteiger partial charge in [-0.15, -0.1) is 0 Å².